The minimum absolute atomic E-state index is 0.142. The van der Waals surface area contributed by atoms with Crippen molar-refractivity contribution in [3.8, 4) is 22.8 Å². The van der Waals surface area contributed by atoms with Gasteiger partial charge >= 0.3 is 0 Å². The van der Waals surface area contributed by atoms with Crippen molar-refractivity contribution in [2.75, 3.05) is 7.11 Å². The van der Waals surface area contributed by atoms with E-state index in [4.69, 9.17) is 37.1 Å². The maximum atomic E-state index is 12.6. The van der Waals surface area contributed by atoms with Crippen LogP contribution >= 0.6 is 23.2 Å². The van der Waals surface area contributed by atoms with Gasteiger partial charge in [0.05, 0.1) is 22.5 Å². The fourth-order valence-electron chi connectivity index (χ4n) is 2.92. The van der Waals surface area contributed by atoms with Gasteiger partial charge in [0.15, 0.2) is 5.43 Å². The standard InChI is InChI=1S/C23H16Cl2O4/c1-27-16-5-3-15(4-6-16)23-12-21(26)18-11-17(7-9-22(18)29-23)28-13-14-2-8-19(24)20(25)10-14/h2-12H,13H2,1H3. The average Bonchev–Trinajstić information content (AvgIpc) is 2.74. The molecule has 0 atom stereocenters. The molecule has 0 N–H and O–H groups in total. The Balaban J connectivity index is 1.59. The first-order valence-electron chi connectivity index (χ1n) is 8.82. The van der Waals surface area contributed by atoms with Crippen LogP contribution in [-0.2, 0) is 6.61 Å². The molecule has 1 aromatic heterocycles. The molecule has 6 heteroatoms. The normalized spacial score (nSPS) is 10.9. The molecule has 29 heavy (non-hydrogen) atoms. The van der Waals surface area contributed by atoms with Crippen LogP contribution in [-0.4, -0.2) is 7.11 Å². The van der Waals surface area contributed by atoms with Crippen LogP contribution in [0.1, 0.15) is 5.56 Å². The zero-order chi connectivity index (χ0) is 20.4. The highest BCUT2D eigenvalue weighted by atomic mass is 35.5. The largest absolute Gasteiger partial charge is 0.497 e. The van der Waals surface area contributed by atoms with E-state index in [0.717, 1.165) is 16.9 Å². The summed E-state index contributed by atoms with van der Waals surface area (Å²) < 4.78 is 16.9. The van der Waals surface area contributed by atoms with E-state index in [1.54, 1.807) is 37.4 Å². The van der Waals surface area contributed by atoms with Gasteiger partial charge in [-0.05, 0) is 60.2 Å². The lowest BCUT2D eigenvalue weighted by Crippen LogP contribution is -2.02. The lowest BCUT2D eigenvalue weighted by molar-refractivity contribution is 0.306. The van der Waals surface area contributed by atoms with E-state index in [0.29, 0.717) is 39.1 Å². The summed E-state index contributed by atoms with van der Waals surface area (Å²) in [6.45, 7) is 0.303. The fourth-order valence-corrected chi connectivity index (χ4v) is 3.24. The average molecular weight is 427 g/mol. The molecule has 1 heterocycles. The van der Waals surface area contributed by atoms with Crippen molar-refractivity contribution in [2.45, 2.75) is 6.61 Å². The van der Waals surface area contributed by atoms with Gasteiger partial charge in [0.2, 0.25) is 0 Å². The highest BCUT2D eigenvalue weighted by Crippen LogP contribution is 2.27. The molecule has 0 unspecified atom stereocenters. The Labute approximate surface area is 177 Å². The highest BCUT2D eigenvalue weighted by molar-refractivity contribution is 6.42. The van der Waals surface area contributed by atoms with Gasteiger partial charge in [0, 0.05) is 11.6 Å². The van der Waals surface area contributed by atoms with Crippen molar-refractivity contribution in [1.29, 1.82) is 0 Å². The van der Waals surface area contributed by atoms with Gasteiger partial charge in [-0.2, -0.15) is 0 Å². The Hall–Kier alpha value is -2.95. The number of hydrogen-bond donors (Lipinski definition) is 0. The first kappa shape index (κ1) is 19.4. The highest BCUT2D eigenvalue weighted by Gasteiger charge is 2.09. The smallest absolute Gasteiger partial charge is 0.193 e. The number of methoxy groups -OCH3 is 1. The molecular weight excluding hydrogens is 411 g/mol. The molecule has 0 amide bonds. The molecule has 0 spiro atoms. The van der Waals surface area contributed by atoms with Gasteiger partial charge in [-0.3, -0.25) is 4.79 Å². The SMILES string of the molecule is COc1ccc(-c2cc(=O)c3cc(OCc4ccc(Cl)c(Cl)c4)ccc3o2)cc1. The second kappa shape index (κ2) is 8.19. The number of benzene rings is 3. The monoisotopic (exact) mass is 426 g/mol. The molecule has 4 rings (SSSR count). The first-order chi connectivity index (χ1) is 14.0. The molecule has 0 saturated carbocycles. The third kappa shape index (κ3) is 4.24. The summed E-state index contributed by atoms with van der Waals surface area (Å²) in [7, 11) is 1.60. The number of ether oxygens (including phenoxy) is 2. The van der Waals surface area contributed by atoms with Crippen LogP contribution in [0.25, 0.3) is 22.3 Å². The molecule has 0 bridgehead atoms. The van der Waals surface area contributed by atoms with Crippen LogP contribution in [0.2, 0.25) is 10.0 Å². The molecule has 4 aromatic rings. The van der Waals surface area contributed by atoms with Gasteiger partial charge in [-0.25, -0.2) is 0 Å². The minimum atomic E-state index is -0.142. The van der Waals surface area contributed by atoms with Crippen molar-refractivity contribution in [2.24, 2.45) is 0 Å². The summed E-state index contributed by atoms with van der Waals surface area (Å²) in [6.07, 6.45) is 0. The summed E-state index contributed by atoms with van der Waals surface area (Å²) in [6, 6.07) is 19.3. The Bertz CT molecular complexity index is 1230. The predicted molar refractivity (Wildman–Crippen MR) is 115 cm³/mol. The summed E-state index contributed by atoms with van der Waals surface area (Å²) >= 11 is 12.0. The molecule has 0 aliphatic carbocycles. The number of fused-ring (bicyclic) bond motifs is 1. The van der Waals surface area contributed by atoms with Gasteiger partial charge in [-0.15, -0.1) is 0 Å². The van der Waals surface area contributed by atoms with Gasteiger partial charge in [-0.1, -0.05) is 29.3 Å². The molecule has 0 fully saturated rings. The van der Waals surface area contributed by atoms with Gasteiger partial charge < -0.3 is 13.9 Å². The number of halogens is 2. The van der Waals surface area contributed by atoms with E-state index < -0.39 is 0 Å². The third-order valence-corrected chi connectivity index (χ3v) is 5.20. The predicted octanol–water partition coefficient (Wildman–Crippen LogP) is 6.35. The van der Waals surface area contributed by atoms with Crippen molar-refractivity contribution in [3.63, 3.8) is 0 Å². The van der Waals surface area contributed by atoms with Gasteiger partial charge in [0.25, 0.3) is 0 Å². The Morgan fingerprint density at radius 2 is 1.62 bits per heavy atom. The van der Waals surface area contributed by atoms with E-state index in [-0.39, 0.29) is 5.43 Å². The zero-order valence-electron chi connectivity index (χ0n) is 15.4. The molecule has 146 valence electrons. The van der Waals surface area contributed by atoms with Crippen molar-refractivity contribution in [3.05, 3.63) is 92.6 Å². The number of hydrogen-bond acceptors (Lipinski definition) is 4. The lowest BCUT2D eigenvalue weighted by atomic mass is 10.1. The summed E-state index contributed by atoms with van der Waals surface area (Å²) in [5.41, 5.74) is 2.02. The van der Waals surface area contributed by atoms with E-state index in [2.05, 4.69) is 0 Å². The van der Waals surface area contributed by atoms with E-state index >= 15 is 0 Å². The summed E-state index contributed by atoms with van der Waals surface area (Å²) in [5.74, 6) is 1.79. The topological polar surface area (TPSA) is 48.7 Å². The second-order valence-electron chi connectivity index (χ2n) is 6.40. The Morgan fingerprint density at radius 3 is 2.34 bits per heavy atom. The molecule has 0 radical (unpaired) electrons. The molecular formula is C23H16Cl2O4. The maximum absolute atomic E-state index is 12.6. The van der Waals surface area contributed by atoms with Crippen molar-refractivity contribution in [1.82, 2.24) is 0 Å². The molecule has 4 nitrogen and oxygen atoms in total. The van der Waals surface area contributed by atoms with Crippen LogP contribution in [0.4, 0.5) is 0 Å². The fraction of sp³-hybridized carbons (Fsp3) is 0.0870. The Morgan fingerprint density at radius 1 is 0.862 bits per heavy atom. The Kier molecular flexibility index (Phi) is 5.47. The maximum Gasteiger partial charge on any atom is 0.193 e. The van der Waals surface area contributed by atoms with Gasteiger partial charge in [0.1, 0.15) is 29.4 Å². The van der Waals surface area contributed by atoms with Crippen LogP contribution in [0, 0.1) is 0 Å². The minimum Gasteiger partial charge on any atom is -0.497 e. The second-order valence-corrected chi connectivity index (χ2v) is 7.21. The van der Waals surface area contributed by atoms with E-state index in [1.165, 1.54) is 6.07 Å². The quantitative estimate of drug-likeness (QED) is 0.372. The van der Waals surface area contributed by atoms with Crippen LogP contribution in [0.15, 0.2) is 75.9 Å². The molecule has 3 aromatic carbocycles. The third-order valence-electron chi connectivity index (χ3n) is 4.46. The molecule has 0 aliphatic heterocycles. The van der Waals surface area contributed by atoms with Crippen molar-refractivity contribution >= 4 is 34.2 Å². The number of rotatable bonds is 5. The summed E-state index contributed by atoms with van der Waals surface area (Å²) in [4.78, 5) is 12.6. The zero-order valence-corrected chi connectivity index (χ0v) is 17.0. The molecule has 0 saturated heterocycles. The first-order valence-corrected chi connectivity index (χ1v) is 9.58. The van der Waals surface area contributed by atoms with Crippen LogP contribution in [0.5, 0.6) is 11.5 Å². The summed E-state index contributed by atoms with van der Waals surface area (Å²) in [5, 5.41) is 1.42. The van der Waals surface area contributed by atoms with E-state index in [9.17, 15) is 4.79 Å². The van der Waals surface area contributed by atoms with Crippen molar-refractivity contribution < 1.29 is 13.9 Å². The lowest BCUT2D eigenvalue weighted by Gasteiger charge is -2.09. The molecule has 0 aliphatic rings. The van der Waals surface area contributed by atoms with E-state index in [1.807, 2.05) is 30.3 Å². The van der Waals surface area contributed by atoms with Crippen LogP contribution < -0.4 is 14.9 Å². The van der Waals surface area contributed by atoms with Crippen LogP contribution in [0.3, 0.4) is 0 Å².